The maximum Gasteiger partial charge on any atom is 0.220 e. The van der Waals surface area contributed by atoms with Crippen LogP contribution in [0.2, 0.25) is 0 Å². The van der Waals surface area contributed by atoms with Crippen molar-refractivity contribution < 1.29 is 38.9 Å². The van der Waals surface area contributed by atoms with Gasteiger partial charge in [0.15, 0.2) is 17.3 Å². The second-order valence-corrected chi connectivity index (χ2v) is 9.09. The van der Waals surface area contributed by atoms with E-state index in [2.05, 4.69) is 6.58 Å². The minimum Gasteiger partial charge on any atom is -0.507 e. The van der Waals surface area contributed by atoms with Crippen LogP contribution in [0, 0.1) is 6.92 Å². The van der Waals surface area contributed by atoms with Gasteiger partial charge in [0, 0.05) is 28.7 Å². The van der Waals surface area contributed by atoms with Gasteiger partial charge in [-0.15, -0.1) is 6.58 Å². The number of ketones is 4. The van der Waals surface area contributed by atoms with Gasteiger partial charge >= 0.3 is 0 Å². The third-order valence-corrected chi connectivity index (χ3v) is 6.59. The molecule has 2 aliphatic carbocycles. The molecule has 3 aromatic carbocycles. The van der Waals surface area contributed by atoms with E-state index in [0.717, 1.165) is 11.3 Å². The van der Waals surface area contributed by atoms with Gasteiger partial charge in [-0.3, -0.25) is 19.2 Å². The number of hydrogen-bond acceptors (Lipinski definition) is 8. The van der Waals surface area contributed by atoms with Gasteiger partial charge in [-0.2, -0.15) is 0 Å². The van der Waals surface area contributed by atoms with Crippen LogP contribution in [-0.4, -0.2) is 47.6 Å². The van der Waals surface area contributed by atoms with Crippen molar-refractivity contribution in [2.24, 2.45) is 0 Å². The van der Waals surface area contributed by atoms with Gasteiger partial charge in [0.25, 0.3) is 0 Å². The quantitative estimate of drug-likeness (QED) is 0.275. The van der Waals surface area contributed by atoms with Crippen LogP contribution in [0.3, 0.4) is 0 Å². The number of phenols is 2. The number of aromatic hydroxyl groups is 2. The number of rotatable bonds is 5. The Morgan fingerprint density at radius 2 is 1.45 bits per heavy atom. The average molecular weight is 539 g/mol. The largest absolute Gasteiger partial charge is 0.507 e. The number of carbonyl (C=O) groups is 4. The molecule has 2 aliphatic rings. The molecule has 0 aromatic heterocycles. The lowest BCUT2D eigenvalue weighted by Crippen LogP contribution is -2.21. The second kappa shape index (κ2) is 11.2. The Morgan fingerprint density at radius 1 is 0.775 bits per heavy atom. The molecule has 3 aromatic rings. The zero-order chi connectivity index (χ0) is 29.1. The predicted molar refractivity (Wildman–Crippen MR) is 147 cm³/mol. The minimum absolute atomic E-state index is 0.0374. The summed E-state index contributed by atoms with van der Waals surface area (Å²) in [5.74, 6) is -1.49. The van der Waals surface area contributed by atoms with Gasteiger partial charge in [-0.25, -0.2) is 0 Å². The molecule has 0 saturated heterocycles. The van der Waals surface area contributed by atoms with Crippen molar-refractivity contribution in [3.8, 4) is 17.2 Å². The van der Waals surface area contributed by atoms with Crippen LogP contribution in [0.1, 0.15) is 48.9 Å². The molecule has 2 N–H and O–H groups in total. The minimum atomic E-state index is -0.528. The zero-order valence-electron chi connectivity index (χ0n) is 22.1. The van der Waals surface area contributed by atoms with E-state index in [1.165, 1.54) is 43.5 Å². The Morgan fingerprint density at radius 3 is 2.08 bits per heavy atom. The van der Waals surface area contributed by atoms with Crippen molar-refractivity contribution in [2.75, 3.05) is 14.2 Å². The maximum atomic E-state index is 12.3. The van der Waals surface area contributed by atoms with E-state index in [1.54, 1.807) is 38.3 Å². The number of fused-ring (bicyclic) bond motifs is 2. The second-order valence-electron chi connectivity index (χ2n) is 9.09. The number of methoxy groups -OCH3 is 2. The fourth-order valence-corrected chi connectivity index (χ4v) is 4.64. The molecule has 0 fully saturated rings. The summed E-state index contributed by atoms with van der Waals surface area (Å²) in [5, 5.41) is 19.6. The Hall–Kier alpha value is -5.24. The lowest BCUT2D eigenvalue weighted by Gasteiger charge is -2.19. The Bertz CT molecular complexity index is 1620. The number of allylic oxidation sites excluding steroid dienone is 4. The zero-order valence-corrected chi connectivity index (χ0v) is 22.1. The third kappa shape index (κ3) is 5.07. The molecule has 1 unspecified atom stereocenters. The van der Waals surface area contributed by atoms with E-state index in [4.69, 9.17) is 9.47 Å². The lowest BCUT2D eigenvalue weighted by atomic mass is 9.82. The van der Waals surface area contributed by atoms with Crippen LogP contribution < -0.4 is 4.74 Å². The van der Waals surface area contributed by atoms with Crippen LogP contribution >= 0.6 is 0 Å². The highest BCUT2D eigenvalue weighted by molar-refractivity contribution is 6.30. The van der Waals surface area contributed by atoms with Gasteiger partial charge in [0.05, 0.1) is 25.3 Å². The molecule has 0 radical (unpaired) electrons. The SMILES string of the molecule is C=CC(C1=CC(=O)C(OC)=CC1=O)c1ccc(OC)cc1.Cc1cc(O)c2c(c1)C(=O)c1cccc(O)c1C2=O. The summed E-state index contributed by atoms with van der Waals surface area (Å²) in [6, 6.07) is 14.7. The normalized spacial score (nSPS) is 14.6. The summed E-state index contributed by atoms with van der Waals surface area (Å²) in [7, 11) is 2.95. The van der Waals surface area contributed by atoms with E-state index in [1.807, 2.05) is 12.1 Å². The lowest BCUT2D eigenvalue weighted by molar-refractivity contribution is -0.117. The number of benzene rings is 3. The van der Waals surface area contributed by atoms with Crippen molar-refractivity contribution >= 4 is 23.1 Å². The number of ether oxygens (including phenoxy) is 2. The molecule has 1 atom stereocenters. The smallest absolute Gasteiger partial charge is 0.220 e. The highest BCUT2D eigenvalue weighted by Gasteiger charge is 2.34. The van der Waals surface area contributed by atoms with Crippen molar-refractivity contribution in [3.05, 3.63) is 124 Å². The van der Waals surface area contributed by atoms with Crippen molar-refractivity contribution in [2.45, 2.75) is 12.8 Å². The Kier molecular flexibility index (Phi) is 7.81. The van der Waals surface area contributed by atoms with Gasteiger partial charge in [0.1, 0.15) is 17.2 Å². The van der Waals surface area contributed by atoms with E-state index >= 15 is 0 Å². The first-order chi connectivity index (χ1) is 19.1. The van der Waals surface area contributed by atoms with E-state index in [-0.39, 0.29) is 62.8 Å². The molecular weight excluding hydrogens is 512 g/mol. The number of hydrogen-bond donors (Lipinski definition) is 2. The maximum absolute atomic E-state index is 12.3. The summed E-state index contributed by atoms with van der Waals surface area (Å²) in [6.45, 7) is 5.50. The highest BCUT2D eigenvalue weighted by Crippen LogP contribution is 2.37. The van der Waals surface area contributed by atoms with E-state index < -0.39 is 5.78 Å². The molecule has 202 valence electrons. The van der Waals surface area contributed by atoms with Gasteiger partial charge in [-0.1, -0.05) is 30.3 Å². The molecular formula is C32H26O8. The fraction of sp³-hybridized carbons (Fsp3) is 0.125. The summed E-state index contributed by atoms with van der Waals surface area (Å²) < 4.78 is 9.98. The number of phenolic OH excluding ortho intramolecular Hbond substituents is 2. The van der Waals surface area contributed by atoms with E-state index in [0.29, 0.717) is 11.1 Å². The molecule has 0 spiro atoms. The van der Waals surface area contributed by atoms with Crippen LogP contribution in [0.25, 0.3) is 0 Å². The first kappa shape index (κ1) is 27.8. The van der Waals surface area contributed by atoms with Gasteiger partial charge in [0.2, 0.25) is 11.6 Å². The standard InChI is InChI=1S/C17H16O4.C15H10O4/c1-4-13(11-5-7-12(20-2)8-6-11)14-9-16(19)17(21-3)10-15(14)18;1-7-5-9-13(11(17)6-7)15(19)12-8(14(9)18)3-2-4-10(12)16/h4-10,13H,1H2,2-3H3;2-6,16-17H,1H3. The van der Waals surface area contributed by atoms with Gasteiger partial charge in [-0.05, 0) is 54.5 Å². The van der Waals surface area contributed by atoms with Gasteiger partial charge < -0.3 is 19.7 Å². The predicted octanol–water partition coefficient (Wildman–Crippen LogP) is 4.75. The summed E-state index contributed by atoms with van der Waals surface area (Å²) in [6.07, 6.45) is 4.18. The molecule has 8 heteroatoms. The van der Waals surface area contributed by atoms with Crippen LogP contribution in [0.5, 0.6) is 17.2 Å². The Labute approximate surface area is 230 Å². The molecule has 0 saturated carbocycles. The number of aryl methyl sites for hydroxylation is 1. The third-order valence-electron chi connectivity index (χ3n) is 6.59. The molecule has 0 bridgehead atoms. The van der Waals surface area contributed by atoms with Crippen molar-refractivity contribution in [1.29, 1.82) is 0 Å². The summed E-state index contributed by atoms with van der Waals surface area (Å²) >= 11 is 0. The Balaban J connectivity index is 0.000000186. The molecule has 40 heavy (non-hydrogen) atoms. The highest BCUT2D eigenvalue weighted by atomic mass is 16.5. The average Bonchev–Trinajstić information content (AvgIpc) is 2.94. The summed E-state index contributed by atoms with van der Waals surface area (Å²) in [5.41, 5.74) is 2.22. The molecule has 5 rings (SSSR count). The molecule has 0 aliphatic heterocycles. The molecule has 0 amide bonds. The summed E-state index contributed by atoms with van der Waals surface area (Å²) in [4.78, 5) is 48.7. The van der Waals surface area contributed by atoms with Crippen LogP contribution in [0.4, 0.5) is 0 Å². The number of carbonyl (C=O) groups excluding carboxylic acids is 4. The van der Waals surface area contributed by atoms with E-state index in [9.17, 15) is 29.4 Å². The van der Waals surface area contributed by atoms with Crippen LogP contribution in [-0.2, 0) is 14.3 Å². The first-order valence-electron chi connectivity index (χ1n) is 12.2. The first-order valence-corrected chi connectivity index (χ1v) is 12.2. The molecule has 8 nitrogen and oxygen atoms in total. The van der Waals surface area contributed by atoms with Crippen LogP contribution in [0.15, 0.2) is 90.7 Å². The molecule has 0 heterocycles. The fourth-order valence-electron chi connectivity index (χ4n) is 4.64. The van der Waals surface area contributed by atoms with Crippen molar-refractivity contribution in [3.63, 3.8) is 0 Å². The van der Waals surface area contributed by atoms with Crippen molar-refractivity contribution in [1.82, 2.24) is 0 Å². The topological polar surface area (TPSA) is 127 Å². The monoisotopic (exact) mass is 538 g/mol.